The fourth-order valence-electron chi connectivity index (χ4n) is 4.50. The highest BCUT2D eigenvalue weighted by atomic mass is 16.5. The van der Waals surface area contributed by atoms with Crippen LogP contribution in [0.3, 0.4) is 0 Å². The number of piperidine rings is 1. The van der Waals surface area contributed by atoms with E-state index in [9.17, 15) is 0 Å². The van der Waals surface area contributed by atoms with Crippen LogP contribution >= 0.6 is 0 Å². The molecule has 0 bridgehead atoms. The first kappa shape index (κ1) is 18.5. The van der Waals surface area contributed by atoms with Crippen LogP contribution in [0.15, 0.2) is 41.4 Å². The van der Waals surface area contributed by atoms with E-state index in [1.807, 2.05) is 23.0 Å². The maximum Gasteiger partial charge on any atom is 0.259 e. The molecule has 0 aromatic carbocycles. The first-order valence-electron chi connectivity index (χ1n) is 10.7. The summed E-state index contributed by atoms with van der Waals surface area (Å²) in [6.45, 7) is 6.12. The van der Waals surface area contributed by atoms with Crippen LogP contribution in [-0.2, 0) is 18.5 Å². The Bertz CT molecular complexity index is 937. The second-order valence-corrected chi connectivity index (χ2v) is 8.57. The molecule has 0 atom stereocenters. The predicted molar refractivity (Wildman–Crippen MR) is 109 cm³/mol. The van der Waals surface area contributed by atoms with Gasteiger partial charge in [-0.3, -0.25) is 14.6 Å². The van der Waals surface area contributed by atoms with Crippen LogP contribution in [0, 0.1) is 5.92 Å². The predicted octanol–water partition coefficient (Wildman–Crippen LogP) is 3.68. The fourth-order valence-corrected chi connectivity index (χ4v) is 4.50. The van der Waals surface area contributed by atoms with E-state index in [-0.39, 0.29) is 5.41 Å². The van der Waals surface area contributed by atoms with Crippen molar-refractivity contribution < 1.29 is 4.52 Å². The molecule has 2 aliphatic rings. The van der Waals surface area contributed by atoms with Crippen molar-refractivity contribution in [2.24, 2.45) is 5.92 Å². The molecule has 0 unspecified atom stereocenters. The Morgan fingerprint density at radius 2 is 2.07 bits per heavy atom. The molecule has 1 aliphatic carbocycles. The third kappa shape index (κ3) is 3.96. The van der Waals surface area contributed by atoms with Gasteiger partial charge in [-0.2, -0.15) is 10.1 Å². The van der Waals surface area contributed by atoms with E-state index in [1.165, 1.54) is 24.8 Å². The summed E-state index contributed by atoms with van der Waals surface area (Å²) in [5, 5.41) is 8.85. The molecule has 152 valence electrons. The van der Waals surface area contributed by atoms with Crippen LogP contribution in [-0.4, -0.2) is 42.9 Å². The van der Waals surface area contributed by atoms with E-state index in [0.29, 0.717) is 5.89 Å². The van der Waals surface area contributed by atoms with Gasteiger partial charge in [0.05, 0.1) is 11.8 Å². The molecule has 0 amide bonds. The van der Waals surface area contributed by atoms with E-state index in [2.05, 4.69) is 33.3 Å². The van der Waals surface area contributed by atoms with Crippen molar-refractivity contribution in [3.63, 3.8) is 0 Å². The number of likely N-dealkylation sites (tertiary alicyclic amines) is 1. The van der Waals surface area contributed by atoms with Gasteiger partial charge in [0, 0.05) is 42.7 Å². The Balaban J connectivity index is 1.31. The van der Waals surface area contributed by atoms with Crippen LogP contribution < -0.4 is 0 Å². The largest absolute Gasteiger partial charge is 0.334 e. The van der Waals surface area contributed by atoms with Gasteiger partial charge in [0.2, 0.25) is 0 Å². The zero-order chi connectivity index (χ0) is 19.7. The lowest BCUT2D eigenvalue weighted by molar-refractivity contribution is 0.133. The van der Waals surface area contributed by atoms with Gasteiger partial charge in [0.15, 0.2) is 5.82 Å². The average molecular weight is 393 g/mol. The van der Waals surface area contributed by atoms with Gasteiger partial charge in [-0.05, 0) is 57.3 Å². The number of nitrogens with zero attached hydrogens (tertiary/aromatic N) is 6. The molecule has 5 rings (SSSR count). The maximum atomic E-state index is 5.64. The highest BCUT2D eigenvalue weighted by Gasteiger charge is 2.44. The Hall–Kier alpha value is -2.54. The summed E-state index contributed by atoms with van der Waals surface area (Å²) in [4.78, 5) is 11.5. The molecule has 0 spiro atoms. The van der Waals surface area contributed by atoms with Gasteiger partial charge >= 0.3 is 0 Å². The molecule has 1 saturated carbocycles. The van der Waals surface area contributed by atoms with Crippen molar-refractivity contribution in [1.82, 2.24) is 29.8 Å². The SMILES string of the molecule is CCn1cc(CN2CCC(CC3CC3)(c3noc(-c4cccnc4)n3)CC2)cn1. The van der Waals surface area contributed by atoms with Crippen molar-refractivity contribution in [3.8, 4) is 11.5 Å². The summed E-state index contributed by atoms with van der Waals surface area (Å²) in [6, 6.07) is 3.87. The Labute approximate surface area is 171 Å². The summed E-state index contributed by atoms with van der Waals surface area (Å²) < 4.78 is 7.64. The zero-order valence-corrected chi connectivity index (χ0v) is 17.0. The van der Waals surface area contributed by atoms with Crippen LogP contribution in [0.1, 0.15) is 50.4 Å². The molecule has 0 radical (unpaired) electrons. The summed E-state index contributed by atoms with van der Waals surface area (Å²) in [5.41, 5.74) is 2.22. The molecule has 2 fully saturated rings. The molecule has 3 aromatic rings. The highest BCUT2D eigenvalue weighted by Crippen LogP contribution is 2.46. The second kappa shape index (κ2) is 7.71. The molecule has 29 heavy (non-hydrogen) atoms. The maximum absolute atomic E-state index is 5.64. The molecule has 1 aliphatic heterocycles. The lowest BCUT2D eigenvalue weighted by Gasteiger charge is -2.40. The summed E-state index contributed by atoms with van der Waals surface area (Å²) in [6.07, 6.45) is 13.7. The van der Waals surface area contributed by atoms with E-state index in [4.69, 9.17) is 9.51 Å². The number of hydrogen-bond donors (Lipinski definition) is 0. The zero-order valence-electron chi connectivity index (χ0n) is 17.0. The molecule has 4 heterocycles. The van der Waals surface area contributed by atoms with Gasteiger partial charge in [-0.25, -0.2) is 0 Å². The van der Waals surface area contributed by atoms with Gasteiger partial charge < -0.3 is 4.52 Å². The van der Waals surface area contributed by atoms with E-state index >= 15 is 0 Å². The van der Waals surface area contributed by atoms with Crippen molar-refractivity contribution in [3.05, 3.63) is 48.3 Å². The summed E-state index contributed by atoms with van der Waals surface area (Å²) in [5.74, 6) is 2.30. The Kier molecular flexibility index (Phi) is 4.91. The van der Waals surface area contributed by atoms with Crippen LogP contribution in [0.25, 0.3) is 11.5 Å². The Morgan fingerprint density at radius 3 is 2.76 bits per heavy atom. The third-order valence-corrected chi connectivity index (χ3v) is 6.42. The lowest BCUT2D eigenvalue weighted by atomic mass is 9.73. The molecular weight excluding hydrogens is 364 g/mol. The third-order valence-electron chi connectivity index (χ3n) is 6.42. The Morgan fingerprint density at radius 1 is 1.21 bits per heavy atom. The van der Waals surface area contributed by atoms with Crippen molar-refractivity contribution in [1.29, 1.82) is 0 Å². The van der Waals surface area contributed by atoms with Crippen molar-refractivity contribution in [2.45, 2.75) is 57.5 Å². The van der Waals surface area contributed by atoms with Gasteiger partial charge in [-0.1, -0.05) is 18.0 Å². The van der Waals surface area contributed by atoms with Gasteiger partial charge in [0.25, 0.3) is 5.89 Å². The van der Waals surface area contributed by atoms with E-state index in [1.54, 1.807) is 12.4 Å². The minimum absolute atomic E-state index is 0.0369. The average Bonchev–Trinajstić information content (AvgIpc) is 3.24. The number of aryl methyl sites for hydroxylation is 1. The first-order valence-corrected chi connectivity index (χ1v) is 10.7. The summed E-state index contributed by atoms with van der Waals surface area (Å²) in [7, 11) is 0. The van der Waals surface area contributed by atoms with Crippen LogP contribution in [0.2, 0.25) is 0 Å². The lowest BCUT2D eigenvalue weighted by Crippen LogP contribution is -2.43. The minimum atomic E-state index is 0.0369. The number of pyridine rings is 1. The normalized spacial score (nSPS) is 19.5. The van der Waals surface area contributed by atoms with Gasteiger partial charge in [-0.15, -0.1) is 0 Å². The van der Waals surface area contributed by atoms with E-state index in [0.717, 1.165) is 56.3 Å². The molecule has 0 N–H and O–H groups in total. The minimum Gasteiger partial charge on any atom is -0.334 e. The van der Waals surface area contributed by atoms with Crippen molar-refractivity contribution in [2.75, 3.05) is 13.1 Å². The van der Waals surface area contributed by atoms with Gasteiger partial charge in [0.1, 0.15) is 0 Å². The number of hydrogen-bond acceptors (Lipinski definition) is 6. The van der Waals surface area contributed by atoms with Crippen molar-refractivity contribution >= 4 is 0 Å². The highest BCUT2D eigenvalue weighted by molar-refractivity contribution is 5.50. The molecular formula is C22H28N6O. The van der Waals surface area contributed by atoms with Crippen LogP contribution in [0.4, 0.5) is 0 Å². The summed E-state index contributed by atoms with van der Waals surface area (Å²) >= 11 is 0. The number of aromatic nitrogens is 5. The molecule has 7 heteroatoms. The van der Waals surface area contributed by atoms with E-state index < -0.39 is 0 Å². The molecule has 1 saturated heterocycles. The smallest absolute Gasteiger partial charge is 0.259 e. The first-order chi connectivity index (χ1) is 14.2. The number of rotatable bonds is 7. The monoisotopic (exact) mass is 392 g/mol. The second-order valence-electron chi connectivity index (χ2n) is 8.57. The standard InChI is InChI=1S/C22H28N6O/c1-2-28-16-18(13-24-28)15-27-10-7-22(8-11-27,12-17-5-6-17)21-25-20(29-26-21)19-4-3-9-23-14-19/h3-4,9,13-14,16-17H,2,5-8,10-12,15H2,1H3. The molecule has 7 nitrogen and oxygen atoms in total. The van der Waals surface area contributed by atoms with Crippen LogP contribution in [0.5, 0.6) is 0 Å². The topological polar surface area (TPSA) is 72.9 Å². The fraction of sp³-hybridized carbons (Fsp3) is 0.545. The quantitative estimate of drug-likeness (QED) is 0.611. The molecule has 3 aromatic heterocycles.